The first-order chi connectivity index (χ1) is 21.1. The van der Waals surface area contributed by atoms with E-state index in [0.29, 0.717) is 31.1 Å². The largest absolute Gasteiger partial charge is 0.494 e. The molecular weight excluding hydrogens is 574 g/mol. The Kier molecular flexibility index (Phi) is 14.7. The number of aromatic nitrogens is 5. The summed E-state index contributed by atoms with van der Waals surface area (Å²) < 4.78 is 9.58. The Morgan fingerprint density at radius 3 is 2.36 bits per heavy atom. The summed E-state index contributed by atoms with van der Waals surface area (Å²) in [5.74, 6) is 1.38. The molecule has 0 saturated carbocycles. The highest BCUT2D eigenvalue weighted by molar-refractivity contribution is 5.94. The Bertz CT molecular complexity index is 1380. The smallest absolute Gasteiger partial charge is 0.251 e. The second kappa shape index (κ2) is 18.7. The Morgan fingerprint density at radius 1 is 0.886 bits per heavy atom. The number of anilines is 1. The van der Waals surface area contributed by atoms with Crippen LogP contribution in [0.2, 0.25) is 0 Å². The Morgan fingerprint density at radius 2 is 1.61 bits per heavy atom. The van der Waals surface area contributed by atoms with Crippen molar-refractivity contribution in [3.8, 4) is 5.75 Å². The highest BCUT2D eigenvalue weighted by atomic mass is 35.5. The number of nitrogen functional groups attached to an aromatic ring is 1. The molecule has 0 aliphatic heterocycles. The lowest BCUT2D eigenvalue weighted by atomic mass is 10.1. The first-order valence-corrected chi connectivity index (χ1v) is 15.8. The van der Waals surface area contributed by atoms with Crippen molar-refractivity contribution in [2.75, 3.05) is 18.9 Å². The number of nitrogens with one attached hydrogen (secondary N) is 1. The Hall–Kier alpha value is -3.85. The lowest BCUT2D eigenvalue weighted by Crippen LogP contribution is -2.27. The van der Waals surface area contributed by atoms with Crippen LogP contribution in [0.4, 0.5) is 5.95 Å². The lowest BCUT2D eigenvalue weighted by Gasteiger charge is -2.11. The van der Waals surface area contributed by atoms with Gasteiger partial charge in [-0.05, 0) is 80.3 Å². The van der Waals surface area contributed by atoms with Crippen molar-refractivity contribution in [2.24, 2.45) is 0 Å². The third kappa shape index (κ3) is 11.0. The molecule has 2 aromatic heterocycles. The predicted octanol–water partition coefficient (Wildman–Crippen LogP) is 6.43. The summed E-state index contributed by atoms with van der Waals surface area (Å²) in [7, 11) is 0. The molecule has 0 aliphatic carbocycles. The van der Waals surface area contributed by atoms with Gasteiger partial charge in [0.2, 0.25) is 5.95 Å². The minimum atomic E-state index is -0.0570. The van der Waals surface area contributed by atoms with E-state index in [0.717, 1.165) is 68.7 Å². The van der Waals surface area contributed by atoms with Crippen molar-refractivity contribution in [1.82, 2.24) is 29.9 Å². The number of unbranched alkanes of at least 4 members (excludes halogenated alkanes) is 4. The van der Waals surface area contributed by atoms with Crippen molar-refractivity contribution < 1.29 is 9.53 Å². The number of hydrogen-bond acceptors (Lipinski definition) is 6. The Labute approximate surface area is 268 Å². The fourth-order valence-corrected chi connectivity index (χ4v) is 5.04. The minimum absolute atomic E-state index is 0. The zero-order chi connectivity index (χ0) is 30.3. The number of carbonyl (C=O) groups is 1. The van der Waals surface area contributed by atoms with E-state index in [4.69, 9.17) is 10.5 Å². The van der Waals surface area contributed by atoms with Gasteiger partial charge in [-0.25, -0.2) is 4.98 Å². The highest BCUT2D eigenvalue weighted by Crippen LogP contribution is 2.18. The van der Waals surface area contributed by atoms with Gasteiger partial charge in [0.25, 0.3) is 5.91 Å². The number of rotatable bonds is 19. The molecule has 238 valence electrons. The van der Waals surface area contributed by atoms with Crippen molar-refractivity contribution in [3.63, 3.8) is 0 Å². The van der Waals surface area contributed by atoms with Crippen LogP contribution in [-0.2, 0) is 32.4 Å². The molecule has 0 radical (unpaired) electrons. The van der Waals surface area contributed by atoms with Gasteiger partial charge in [0, 0.05) is 24.0 Å². The van der Waals surface area contributed by atoms with Crippen LogP contribution in [0.1, 0.15) is 91.7 Å². The summed E-state index contributed by atoms with van der Waals surface area (Å²) in [5, 5.41) is 11.5. The summed E-state index contributed by atoms with van der Waals surface area (Å²) >= 11 is 0. The maximum atomic E-state index is 12.5. The molecule has 0 bridgehead atoms. The molecular formula is C34H48ClN7O2. The fraction of sp³-hybridized carbons (Fsp3) is 0.471. The van der Waals surface area contributed by atoms with Crippen LogP contribution >= 0.6 is 12.4 Å². The normalized spacial score (nSPS) is 10.9. The molecule has 1 amide bonds. The predicted molar refractivity (Wildman–Crippen MR) is 179 cm³/mol. The number of nitrogens with two attached hydrogens (primary N) is 1. The van der Waals surface area contributed by atoms with E-state index in [9.17, 15) is 4.79 Å². The van der Waals surface area contributed by atoms with Crippen LogP contribution in [0.3, 0.4) is 0 Å². The van der Waals surface area contributed by atoms with E-state index in [1.165, 1.54) is 30.4 Å². The molecule has 9 nitrogen and oxygen atoms in total. The van der Waals surface area contributed by atoms with Crippen molar-refractivity contribution in [3.05, 3.63) is 89.0 Å². The molecule has 0 saturated heterocycles. The van der Waals surface area contributed by atoms with Gasteiger partial charge >= 0.3 is 0 Å². The molecule has 4 rings (SSSR count). The molecule has 0 atom stereocenters. The number of carbonyl (C=O) groups excluding carboxylic acids is 1. The van der Waals surface area contributed by atoms with Crippen LogP contribution in [0.25, 0.3) is 0 Å². The number of hydrogen-bond donors (Lipinski definition) is 2. The van der Waals surface area contributed by atoms with E-state index in [1.807, 2.05) is 36.7 Å². The summed E-state index contributed by atoms with van der Waals surface area (Å²) in [4.78, 5) is 16.9. The zero-order valence-corrected chi connectivity index (χ0v) is 27.0. The number of ether oxygens (including phenoxy) is 1. The first-order valence-electron chi connectivity index (χ1n) is 15.8. The first kappa shape index (κ1) is 34.6. The van der Waals surface area contributed by atoms with E-state index < -0.39 is 0 Å². The van der Waals surface area contributed by atoms with Crippen LogP contribution in [0.15, 0.2) is 60.9 Å². The van der Waals surface area contributed by atoms with E-state index in [2.05, 4.69) is 63.3 Å². The van der Waals surface area contributed by atoms with Crippen molar-refractivity contribution in [2.45, 2.75) is 91.1 Å². The third-order valence-electron chi connectivity index (χ3n) is 7.57. The molecule has 2 heterocycles. The quantitative estimate of drug-likeness (QED) is 0.117. The number of aryl methyl sites for hydroxylation is 3. The molecule has 0 fully saturated rings. The van der Waals surface area contributed by atoms with Gasteiger partial charge in [-0.15, -0.1) is 17.5 Å². The summed E-state index contributed by atoms with van der Waals surface area (Å²) in [6.07, 6.45) is 14.5. The van der Waals surface area contributed by atoms with Crippen LogP contribution in [0.5, 0.6) is 5.75 Å². The van der Waals surface area contributed by atoms with Gasteiger partial charge < -0.3 is 20.4 Å². The molecule has 3 N–H and O–H groups in total. The number of amides is 1. The standard InChI is InChI=1S/C34H47N7O2.ClH/c1-3-5-7-10-27-13-17-29(18-14-27)33(42)36-21-22-40-26-30(38-39-40)11-8-6-9-12-31-24-37-34(35)41(31)25-28-15-19-32(20-16-28)43-23-4-2;/h13-20,24,26H,3-12,21-23,25H2,1-2H3,(H2,35,37)(H,36,42);1H. The molecule has 0 unspecified atom stereocenters. The number of nitrogens with zero attached hydrogens (tertiary/aromatic N) is 5. The second-order valence-electron chi connectivity index (χ2n) is 11.1. The summed E-state index contributed by atoms with van der Waals surface area (Å²) in [5.41, 5.74) is 11.5. The van der Waals surface area contributed by atoms with Crippen LogP contribution < -0.4 is 15.8 Å². The molecule has 10 heteroatoms. The summed E-state index contributed by atoms with van der Waals surface area (Å²) in [6, 6.07) is 16.1. The van der Waals surface area contributed by atoms with E-state index in [1.54, 1.807) is 4.68 Å². The van der Waals surface area contributed by atoms with Crippen LogP contribution in [-0.4, -0.2) is 43.6 Å². The number of imidazole rings is 1. The van der Waals surface area contributed by atoms with Crippen LogP contribution in [0, 0.1) is 0 Å². The monoisotopic (exact) mass is 621 g/mol. The third-order valence-corrected chi connectivity index (χ3v) is 7.57. The van der Waals surface area contributed by atoms with Gasteiger partial charge in [-0.2, -0.15) is 0 Å². The minimum Gasteiger partial charge on any atom is -0.494 e. The van der Waals surface area contributed by atoms with Crippen molar-refractivity contribution >= 4 is 24.3 Å². The lowest BCUT2D eigenvalue weighted by molar-refractivity contribution is 0.0952. The highest BCUT2D eigenvalue weighted by Gasteiger charge is 2.10. The number of benzene rings is 2. The van der Waals surface area contributed by atoms with E-state index in [-0.39, 0.29) is 18.3 Å². The molecule has 2 aromatic carbocycles. The maximum Gasteiger partial charge on any atom is 0.251 e. The topological polar surface area (TPSA) is 113 Å². The average molecular weight is 622 g/mol. The Balaban J connectivity index is 0.00000529. The fourth-order valence-electron chi connectivity index (χ4n) is 5.04. The SMILES string of the molecule is CCCCCc1ccc(C(=O)NCCn2cc(CCCCCc3cnc(N)n3Cc3ccc(OCCC)cc3)nn2)cc1.Cl. The average Bonchev–Trinajstić information content (AvgIpc) is 3.62. The van der Waals surface area contributed by atoms with Gasteiger partial charge in [0.05, 0.1) is 31.6 Å². The van der Waals surface area contributed by atoms with Gasteiger partial charge in [-0.3, -0.25) is 9.48 Å². The molecule has 44 heavy (non-hydrogen) atoms. The molecule has 0 spiro atoms. The van der Waals surface area contributed by atoms with Crippen molar-refractivity contribution in [1.29, 1.82) is 0 Å². The van der Waals surface area contributed by atoms with E-state index >= 15 is 0 Å². The number of halogens is 1. The zero-order valence-electron chi connectivity index (χ0n) is 26.2. The molecule has 4 aromatic rings. The van der Waals surface area contributed by atoms with Gasteiger partial charge in [-0.1, -0.05) is 62.6 Å². The summed E-state index contributed by atoms with van der Waals surface area (Å²) in [6.45, 7) is 6.83. The van der Waals surface area contributed by atoms with Gasteiger partial charge in [0.15, 0.2) is 0 Å². The maximum absolute atomic E-state index is 12.5. The molecule has 0 aliphatic rings. The van der Waals surface area contributed by atoms with Gasteiger partial charge in [0.1, 0.15) is 5.75 Å². The second-order valence-corrected chi connectivity index (χ2v) is 11.1.